The number of nitrogens with one attached hydrogen (secondary N) is 1. The Bertz CT molecular complexity index is 661. The predicted octanol–water partition coefficient (Wildman–Crippen LogP) is 2.47. The first-order valence-corrected chi connectivity index (χ1v) is 8.52. The molecule has 6 heteroatoms. The van der Waals surface area contributed by atoms with E-state index in [1.165, 1.54) is 0 Å². The highest BCUT2D eigenvalue weighted by molar-refractivity contribution is 5.78. The molecule has 1 fully saturated rings. The largest absolute Gasteiger partial charge is 0.354 e. The molecule has 1 aromatic heterocycles. The summed E-state index contributed by atoms with van der Waals surface area (Å²) in [5.74, 6) is 1.54. The number of benzene rings is 1. The van der Waals surface area contributed by atoms with E-state index in [-0.39, 0.29) is 17.9 Å². The summed E-state index contributed by atoms with van der Waals surface area (Å²) in [4.78, 5) is 18.8. The fourth-order valence-electron chi connectivity index (χ4n) is 2.97. The molecule has 0 aliphatic carbocycles. The SMILES string of the molecule is CC(C)NC(=O)C1CCN(Cc2nc(-c3ccccc3)no2)CC1. The van der Waals surface area contributed by atoms with Gasteiger partial charge in [-0.3, -0.25) is 9.69 Å². The highest BCUT2D eigenvalue weighted by Gasteiger charge is 2.26. The molecule has 3 rings (SSSR count). The zero-order valence-electron chi connectivity index (χ0n) is 14.2. The average molecular weight is 328 g/mol. The molecule has 128 valence electrons. The minimum atomic E-state index is 0.117. The molecular weight excluding hydrogens is 304 g/mol. The van der Waals surface area contributed by atoms with Crippen LogP contribution in [0.5, 0.6) is 0 Å². The van der Waals surface area contributed by atoms with Gasteiger partial charge in [-0.15, -0.1) is 0 Å². The molecule has 0 atom stereocenters. The molecule has 0 spiro atoms. The number of likely N-dealkylation sites (tertiary alicyclic amines) is 1. The van der Waals surface area contributed by atoms with Gasteiger partial charge in [0.1, 0.15) is 0 Å². The minimum absolute atomic E-state index is 0.117. The normalized spacial score (nSPS) is 16.5. The van der Waals surface area contributed by atoms with Crippen molar-refractivity contribution < 1.29 is 9.32 Å². The van der Waals surface area contributed by atoms with E-state index in [0.717, 1.165) is 31.5 Å². The molecular formula is C18H24N4O2. The number of rotatable bonds is 5. The molecule has 24 heavy (non-hydrogen) atoms. The summed E-state index contributed by atoms with van der Waals surface area (Å²) in [7, 11) is 0. The van der Waals surface area contributed by atoms with Crippen molar-refractivity contribution in [1.29, 1.82) is 0 Å². The van der Waals surface area contributed by atoms with Crippen LogP contribution in [0.15, 0.2) is 34.9 Å². The van der Waals surface area contributed by atoms with Crippen LogP contribution in [-0.4, -0.2) is 40.1 Å². The van der Waals surface area contributed by atoms with Crippen molar-refractivity contribution in [3.63, 3.8) is 0 Å². The lowest BCUT2D eigenvalue weighted by Gasteiger charge is -2.30. The van der Waals surface area contributed by atoms with Crippen molar-refractivity contribution in [3.05, 3.63) is 36.2 Å². The topological polar surface area (TPSA) is 71.3 Å². The Kier molecular flexibility index (Phi) is 5.25. The van der Waals surface area contributed by atoms with Crippen LogP contribution in [0, 0.1) is 5.92 Å². The second-order valence-corrected chi connectivity index (χ2v) is 6.59. The average Bonchev–Trinajstić information content (AvgIpc) is 3.04. The molecule has 2 heterocycles. The number of carbonyl (C=O) groups is 1. The summed E-state index contributed by atoms with van der Waals surface area (Å²) in [5.41, 5.74) is 0.955. The van der Waals surface area contributed by atoms with Crippen molar-refractivity contribution >= 4 is 5.91 Å². The van der Waals surface area contributed by atoms with E-state index in [9.17, 15) is 4.79 Å². The Balaban J connectivity index is 1.52. The monoisotopic (exact) mass is 328 g/mol. The molecule has 0 unspecified atom stereocenters. The van der Waals surface area contributed by atoms with Gasteiger partial charge in [0.05, 0.1) is 6.54 Å². The molecule has 1 aliphatic rings. The maximum absolute atomic E-state index is 12.1. The Morgan fingerprint density at radius 3 is 2.67 bits per heavy atom. The van der Waals surface area contributed by atoms with E-state index in [4.69, 9.17) is 4.52 Å². The number of hydrogen-bond donors (Lipinski definition) is 1. The van der Waals surface area contributed by atoms with Gasteiger partial charge in [0, 0.05) is 17.5 Å². The Morgan fingerprint density at radius 1 is 1.29 bits per heavy atom. The summed E-state index contributed by atoms with van der Waals surface area (Å²) in [6, 6.07) is 10.0. The number of carbonyl (C=O) groups excluding carboxylic acids is 1. The second-order valence-electron chi connectivity index (χ2n) is 6.59. The first kappa shape index (κ1) is 16.6. The number of aromatic nitrogens is 2. The lowest BCUT2D eigenvalue weighted by molar-refractivity contribution is -0.127. The molecule has 0 bridgehead atoms. The number of amides is 1. The molecule has 1 aliphatic heterocycles. The van der Waals surface area contributed by atoms with Crippen LogP contribution in [0.2, 0.25) is 0 Å². The Morgan fingerprint density at radius 2 is 2.00 bits per heavy atom. The smallest absolute Gasteiger partial charge is 0.241 e. The minimum Gasteiger partial charge on any atom is -0.354 e. The van der Waals surface area contributed by atoms with Gasteiger partial charge in [0.2, 0.25) is 17.6 Å². The third kappa shape index (κ3) is 4.20. The van der Waals surface area contributed by atoms with Crippen LogP contribution >= 0.6 is 0 Å². The van der Waals surface area contributed by atoms with Gasteiger partial charge >= 0.3 is 0 Å². The van der Waals surface area contributed by atoms with Crippen LogP contribution in [-0.2, 0) is 11.3 Å². The summed E-state index contributed by atoms with van der Waals surface area (Å²) in [5, 5.41) is 7.05. The highest BCUT2D eigenvalue weighted by atomic mass is 16.5. The third-order valence-corrected chi connectivity index (χ3v) is 4.25. The molecule has 1 saturated heterocycles. The van der Waals surface area contributed by atoms with Crippen molar-refractivity contribution in [2.45, 2.75) is 39.3 Å². The van der Waals surface area contributed by atoms with Gasteiger partial charge in [0.15, 0.2) is 0 Å². The van der Waals surface area contributed by atoms with E-state index in [2.05, 4.69) is 20.4 Å². The summed E-state index contributed by atoms with van der Waals surface area (Å²) >= 11 is 0. The van der Waals surface area contributed by atoms with Gasteiger partial charge in [-0.1, -0.05) is 35.5 Å². The molecule has 0 saturated carbocycles. The van der Waals surface area contributed by atoms with Gasteiger partial charge in [-0.2, -0.15) is 4.98 Å². The highest BCUT2D eigenvalue weighted by Crippen LogP contribution is 2.20. The zero-order valence-corrected chi connectivity index (χ0v) is 14.2. The zero-order chi connectivity index (χ0) is 16.9. The van der Waals surface area contributed by atoms with E-state index in [0.29, 0.717) is 18.3 Å². The predicted molar refractivity (Wildman–Crippen MR) is 91.0 cm³/mol. The number of piperidine rings is 1. The Labute approximate surface area is 142 Å². The lowest BCUT2D eigenvalue weighted by atomic mass is 9.95. The summed E-state index contributed by atoms with van der Waals surface area (Å²) < 4.78 is 5.37. The number of hydrogen-bond acceptors (Lipinski definition) is 5. The van der Waals surface area contributed by atoms with Crippen LogP contribution in [0.25, 0.3) is 11.4 Å². The first-order chi connectivity index (χ1) is 11.6. The molecule has 6 nitrogen and oxygen atoms in total. The quantitative estimate of drug-likeness (QED) is 0.913. The van der Waals surface area contributed by atoms with Crippen molar-refractivity contribution in [1.82, 2.24) is 20.4 Å². The van der Waals surface area contributed by atoms with E-state index in [1.54, 1.807) is 0 Å². The molecule has 1 amide bonds. The fourth-order valence-corrected chi connectivity index (χ4v) is 2.97. The summed E-state index contributed by atoms with van der Waals surface area (Å²) in [6.07, 6.45) is 1.75. The van der Waals surface area contributed by atoms with E-state index >= 15 is 0 Å². The van der Waals surface area contributed by atoms with Gasteiger partial charge in [0.25, 0.3) is 0 Å². The van der Waals surface area contributed by atoms with E-state index < -0.39 is 0 Å². The van der Waals surface area contributed by atoms with Crippen LogP contribution in [0.1, 0.15) is 32.6 Å². The molecule has 2 aromatic rings. The fraction of sp³-hybridized carbons (Fsp3) is 0.500. The lowest BCUT2D eigenvalue weighted by Crippen LogP contribution is -2.42. The standard InChI is InChI=1S/C18H24N4O2/c1-13(2)19-18(23)15-8-10-22(11-9-15)12-16-20-17(21-24-16)14-6-4-3-5-7-14/h3-7,13,15H,8-12H2,1-2H3,(H,19,23). The van der Waals surface area contributed by atoms with Gasteiger partial charge < -0.3 is 9.84 Å². The van der Waals surface area contributed by atoms with Crippen molar-refractivity contribution in [2.24, 2.45) is 5.92 Å². The Hall–Kier alpha value is -2.21. The van der Waals surface area contributed by atoms with Gasteiger partial charge in [-0.25, -0.2) is 0 Å². The first-order valence-electron chi connectivity index (χ1n) is 8.52. The van der Waals surface area contributed by atoms with Crippen molar-refractivity contribution in [2.75, 3.05) is 13.1 Å². The van der Waals surface area contributed by atoms with Crippen molar-refractivity contribution in [3.8, 4) is 11.4 Å². The summed E-state index contributed by atoms with van der Waals surface area (Å²) in [6.45, 7) is 6.37. The van der Waals surface area contributed by atoms with Crippen LogP contribution in [0.4, 0.5) is 0 Å². The number of nitrogens with zero attached hydrogens (tertiary/aromatic N) is 3. The van der Waals surface area contributed by atoms with Crippen LogP contribution in [0.3, 0.4) is 0 Å². The second kappa shape index (κ2) is 7.57. The third-order valence-electron chi connectivity index (χ3n) is 4.25. The van der Waals surface area contributed by atoms with Gasteiger partial charge in [-0.05, 0) is 39.8 Å². The molecule has 1 aromatic carbocycles. The molecule has 1 N–H and O–H groups in total. The molecule has 0 radical (unpaired) electrons. The van der Waals surface area contributed by atoms with E-state index in [1.807, 2.05) is 44.2 Å². The maximum atomic E-state index is 12.1. The van der Waals surface area contributed by atoms with Crippen LogP contribution < -0.4 is 5.32 Å². The maximum Gasteiger partial charge on any atom is 0.241 e.